The molecule has 1 aromatic carbocycles. The summed E-state index contributed by atoms with van der Waals surface area (Å²) in [6.07, 6.45) is 1.42. The quantitative estimate of drug-likeness (QED) is 0.403. The van der Waals surface area contributed by atoms with Crippen molar-refractivity contribution < 1.29 is 21.4 Å². The molecule has 4 rings (SSSR count). The predicted octanol–water partition coefficient (Wildman–Crippen LogP) is 3.36. The van der Waals surface area contributed by atoms with Crippen LogP contribution in [0.2, 0.25) is 0 Å². The Morgan fingerprint density at radius 2 is 1.72 bits per heavy atom. The number of hydrogen-bond acceptors (Lipinski definition) is 8. The first kappa shape index (κ1) is 22.0. The van der Waals surface area contributed by atoms with Gasteiger partial charge in [-0.1, -0.05) is 11.2 Å². The Hall–Kier alpha value is -3.16. The van der Waals surface area contributed by atoms with Crippen LogP contribution < -0.4 is 9.44 Å². The van der Waals surface area contributed by atoms with Gasteiger partial charge < -0.3 is 4.52 Å². The van der Waals surface area contributed by atoms with Crippen molar-refractivity contribution in [1.29, 1.82) is 0 Å². The SMILES string of the molecule is Cc1noc(NS(=O)(=O)c2ccc(NS(=O)(=O)c3cn(C)nc3-c3cccs3)cc2)c1C. The maximum absolute atomic E-state index is 13.0. The molecule has 10 nitrogen and oxygen atoms in total. The van der Waals surface area contributed by atoms with E-state index in [0.717, 1.165) is 4.88 Å². The molecule has 0 saturated carbocycles. The topological polar surface area (TPSA) is 136 Å². The number of rotatable bonds is 7. The number of hydrogen-bond donors (Lipinski definition) is 2. The van der Waals surface area contributed by atoms with Gasteiger partial charge in [0.1, 0.15) is 10.6 Å². The van der Waals surface area contributed by atoms with Gasteiger partial charge in [-0.05, 0) is 49.6 Å². The number of aryl methyl sites for hydroxylation is 2. The Bertz CT molecular complexity index is 1470. The summed E-state index contributed by atoms with van der Waals surface area (Å²) in [4.78, 5) is 0.683. The molecular weight excluding hydrogens is 474 g/mol. The van der Waals surface area contributed by atoms with Gasteiger partial charge in [-0.25, -0.2) is 21.6 Å². The van der Waals surface area contributed by atoms with E-state index in [1.807, 2.05) is 11.4 Å². The minimum atomic E-state index is -3.96. The zero-order valence-corrected chi connectivity index (χ0v) is 19.7. The van der Waals surface area contributed by atoms with Crippen LogP contribution in [0.3, 0.4) is 0 Å². The highest BCUT2D eigenvalue weighted by molar-refractivity contribution is 7.93. The molecule has 0 spiro atoms. The van der Waals surface area contributed by atoms with Gasteiger partial charge in [0.15, 0.2) is 0 Å². The normalized spacial score (nSPS) is 12.1. The molecule has 168 valence electrons. The summed E-state index contributed by atoms with van der Waals surface area (Å²) in [5.41, 5.74) is 1.70. The number of anilines is 2. The minimum Gasteiger partial charge on any atom is -0.337 e. The summed E-state index contributed by atoms with van der Waals surface area (Å²) in [5.74, 6) is 0.0324. The molecular formula is C19H19N5O5S3. The summed E-state index contributed by atoms with van der Waals surface area (Å²) < 4.78 is 62.4. The molecule has 0 fully saturated rings. The largest absolute Gasteiger partial charge is 0.337 e. The maximum atomic E-state index is 13.0. The fourth-order valence-electron chi connectivity index (χ4n) is 2.85. The van der Waals surface area contributed by atoms with Gasteiger partial charge >= 0.3 is 0 Å². The van der Waals surface area contributed by atoms with Gasteiger partial charge in [-0.2, -0.15) is 5.10 Å². The molecule has 2 N–H and O–H groups in total. The molecule has 0 amide bonds. The molecule has 13 heteroatoms. The summed E-state index contributed by atoms with van der Waals surface area (Å²) in [6.45, 7) is 3.38. The zero-order chi connectivity index (χ0) is 23.1. The molecule has 0 radical (unpaired) electrons. The highest BCUT2D eigenvalue weighted by Gasteiger charge is 2.24. The average molecular weight is 494 g/mol. The van der Waals surface area contributed by atoms with Crippen LogP contribution in [0.4, 0.5) is 11.6 Å². The lowest BCUT2D eigenvalue weighted by atomic mass is 10.3. The van der Waals surface area contributed by atoms with E-state index in [9.17, 15) is 16.8 Å². The summed E-state index contributed by atoms with van der Waals surface area (Å²) in [7, 11) is -6.27. The van der Waals surface area contributed by atoms with E-state index in [-0.39, 0.29) is 21.4 Å². The van der Waals surface area contributed by atoms with Gasteiger partial charge in [0.25, 0.3) is 20.0 Å². The van der Waals surface area contributed by atoms with Gasteiger partial charge in [-0.15, -0.1) is 11.3 Å². The van der Waals surface area contributed by atoms with Crippen LogP contribution in [0.25, 0.3) is 10.6 Å². The summed E-state index contributed by atoms with van der Waals surface area (Å²) in [6, 6.07) is 8.92. The predicted molar refractivity (Wildman–Crippen MR) is 121 cm³/mol. The second-order valence-corrected chi connectivity index (χ2v) is 11.2. The van der Waals surface area contributed by atoms with E-state index in [0.29, 0.717) is 17.0 Å². The van der Waals surface area contributed by atoms with Crippen molar-refractivity contribution in [3.63, 3.8) is 0 Å². The molecule has 3 aromatic heterocycles. The Kier molecular flexibility index (Phi) is 5.56. The highest BCUT2D eigenvalue weighted by atomic mass is 32.2. The Balaban J connectivity index is 1.57. The number of nitrogens with zero attached hydrogens (tertiary/aromatic N) is 3. The van der Waals surface area contributed by atoms with E-state index in [1.165, 1.54) is 46.5 Å². The molecule has 0 saturated heterocycles. The third-order valence-corrected chi connectivity index (χ3v) is 8.25. The van der Waals surface area contributed by atoms with Gasteiger partial charge in [0.2, 0.25) is 5.88 Å². The summed E-state index contributed by atoms with van der Waals surface area (Å²) >= 11 is 1.38. The fourth-order valence-corrected chi connectivity index (χ4v) is 5.94. The van der Waals surface area contributed by atoms with Crippen LogP contribution in [0.5, 0.6) is 0 Å². The molecule has 4 aromatic rings. The number of aromatic nitrogens is 3. The molecule has 0 bridgehead atoms. The number of nitrogens with one attached hydrogen (secondary N) is 2. The lowest BCUT2D eigenvalue weighted by Crippen LogP contribution is -2.15. The average Bonchev–Trinajstić information content (AvgIpc) is 3.46. The fraction of sp³-hybridized carbons (Fsp3) is 0.158. The second-order valence-electron chi connectivity index (χ2n) is 6.95. The monoisotopic (exact) mass is 493 g/mol. The van der Waals surface area contributed by atoms with E-state index in [2.05, 4.69) is 19.7 Å². The Morgan fingerprint density at radius 1 is 1.00 bits per heavy atom. The van der Waals surface area contributed by atoms with Crippen LogP contribution in [0.1, 0.15) is 11.3 Å². The van der Waals surface area contributed by atoms with Crippen LogP contribution in [0.15, 0.2) is 62.3 Å². The van der Waals surface area contributed by atoms with Gasteiger partial charge in [-0.3, -0.25) is 9.40 Å². The van der Waals surface area contributed by atoms with Crippen molar-refractivity contribution in [2.45, 2.75) is 23.6 Å². The number of sulfonamides is 2. The first-order chi connectivity index (χ1) is 15.1. The van der Waals surface area contributed by atoms with Gasteiger partial charge in [0, 0.05) is 24.5 Å². The minimum absolute atomic E-state index is 0.0250. The van der Waals surface area contributed by atoms with Gasteiger partial charge in [0.05, 0.1) is 15.5 Å². The van der Waals surface area contributed by atoms with Crippen LogP contribution >= 0.6 is 11.3 Å². The third-order valence-electron chi connectivity index (χ3n) is 4.64. The lowest BCUT2D eigenvalue weighted by Gasteiger charge is -2.09. The number of benzene rings is 1. The zero-order valence-electron chi connectivity index (χ0n) is 17.2. The molecule has 0 aliphatic rings. The standard InChI is InChI=1S/C19H19N5O5S3/c1-12-13(2)21-29-19(12)23-31(25,26)15-8-6-14(7-9-15)22-32(27,28)17-11-24(3)20-18(17)16-5-4-10-30-16/h4-11,22-23H,1-3H3. The van der Waals surface area contributed by atoms with E-state index in [4.69, 9.17) is 4.52 Å². The number of thiophene rings is 1. The van der Waals surface area contributed by atoms with Crippen molar-refractivity contribution >= 4 is 43.0 Å². The molecule has 0 aliphatic carbocycles. The lowest BCUT2D eigenvalue weighted by molar-refractivity contribution is 0.430. The molecule has 0 aliphatic heterocycles. The first-order valence-electron chi connectivity index (χ1n) is 9.23. The van der Waals surface area contributed by atoms with E-state index < -0.39 is 20.0 Å². The van der Waals surface area contributed by atoms with Crippen molar-refractivity contribution in [2.24, 2.45) is 7.05 Å². The van der Waals surface area contributed by atoms with Crippen LogP contribution in [-0.4, -0.2) is 31.8 Å². The third kappa shape index (κ3) is 4.26. The molecule has 0 atom stereocenters. The molecule has 3 heterocycles. The molecule has 0 unspecified atom stereocenters. The molecule has 32 heavy (non-hydrogen) atoms. The smallest absolute Gasteiger partial charge is 0.265 e. The summed E-state index contributed by atoms with van der Waals surface area (Å²) in [5, 5.41) is 9.82. The second kappa shape index (κ2) is 8.07. The van der Waals surface area contributed by atoms with Crippen molar-refractivity contribution in [2.75, 3.05) is 9.44 Å². The van der Waals surface area contributed by atoms with Crippen LogP contribution in [0, 0.1) is 13.8 Å². The van der Waals surface area contributed by atoms with Crippen molar-refractivity contribution in [1.82, 2.24) is 14.9 Å². The van der Waals surface area contributed by atoms with E-state index in [1.54, 1.807) is 27.0 Å². The van der Waals surface area contributed by atoms with E-state index >= 15 is 0 Å². The highest BCUT2D eigenvalue weighted by Crippen LogP contribution is 2.31. The van der Waals surface area contributed by atoms with Crippen molar-refractivity contribution in [3.05, 3.63) is 59.2 Å². The van der Waals surface area contributed by atoms with Crippen molar-refractivity contribution in [3.8, 4) is 10.6 Å². The Morgan fingerprint density at radius 3 is 2.31 bits per heavy atom. The first-order valence-corrected chi connectivity index (χ1v) is 13.1. The van der Waals surface area contributed by atoms with Crippen LogP contribution in [-0.2, 0) is 27.1 Å². The Labute approximate surface area is 189 Å². The maximum Gasteiger partial charge on any atom is 0.265 e.